The first-order chi connectivity index (χ1) is 10.4. The molecule has 1 aromatic rings. The van der Waals surface area contributed by atoms with Crippen LogP contribution in [-0.2, 0) is 20.5 Å². The van der Waals surface area contributed by atoms with Gasteiger partial charge in [-0.1, -0.05) is 12.1 Å². The van der Waals surface area contributed by atoms with Crippen LogP contribution in [0, 0.1) is 16.0 Å². The molecule has 1 N–H and O–H groups in total. The van der Waals surface area contributed by atoms with E-state index >= 15 is 0 Å². The molecular formula is C14H20N2O5S. The summed E-state index contributed by atoms with van der Waals surface area (Å²) in [5, 5.41) is 10.6. The topological polar surface area (TPSA) is 98.5 Å². The molecule has 0 aromatic heterocycles. The number of nitro benzene ring substituents is 1. The van der Waals surface area contributed by atoms with Crippen molar-refractivity contribution in [2.75, 3.05) is 13.2 Å². The molecule has 1 fully saturated rings. The number of nitro groups is 1. The van der Waals surface area contributed by atoms with Gasteiger partial charge in [0.15, 0.2) is 0 Å². The first-order valence-corrected chi connectivity index (χ1v) is 8.83. The highest BCUT2D eigenvalue weighted by molar-refractivity contribution is 7.88. The van der Waals surface area contributed by atoms with Crippen LogP contribution in [0.4, 0.5) is 5.69 Å². The van der Waals surface area contributed by atoms with Gasteiger partial charge in [-0.2, -0.15) is 0 Å². The molecule has 8 heteroatoms. The number of sulfonamides is 1. The molecule has 0 radical (unpaired) electrons. The Hall–Kier alpha value is -1.51. The zero-order valence-electron chi connectivity index (χ0n) is 12.4. The van der Waals surface area contributed by atoms with Crippen molar-refractivity contribution in [2.45, 2.75) is 31.6 Å². The fourth-order valence-corrected chi connectivity index (χ4v) is 3.73. The summed E-state index contributed by atoms with van der Waals surface area (Å²) in [7, 11) is -3.45. The van der Waals surface area contributed by atoms with Crippen molar-refractivity contribution in [3.8, 4) is 0 Å². The maximum absolute atomic E-state index is 12.1. The van der Waals surface area contributed by atoms with E-state index < -0.39 is 14.9 Å². The van der Waals surface area contributed by atoms with E-state index in [1.807, 2.05) is 6.92 Å². The van der Waals surface area contributed by atoms with E-state index in [0.717, 1.165) is 12.8 Å². The SMILES string of the molecule is CC1CC(CNS(=O)(=O)Cc2ccc([N+](=O)[O-])cc2)CCO1. The minimum atomic E-state index is -3.45. The van der Waals surface area contributed by atoms with Crippen molar-refractivity contribution in [2.24, 2.45) is 5.92 Å². The van der Waals surface area contributed by atoms with E-state index in [9.17, 15) is 18.5 Å². The summed E-state index contributed by atoms with van der Waals surface area (Å²) in [5.74, 6) is 0.111. The maximum Gasteiger partial charge on any atom is 0.269 e. The molecule has 7 nitrogen and oxygen atoms in total. The Kier molecular flexibility index (Phi) is 5.49. The number of non-ortho nitro benzene ring substituents is 1. The first-order valence-electron chi connectivity index (χ1n) is 7.18. The van der Waals surface area contributed by atoms with Gasteiger partial charge >= 0.3 is 0 Å². The summed E-state index contributed by atoms with van der Waals surface area (Å²) < 4.78 is 32.2. The molecule has 1 heterocycles. The molecule has 1 aliphatic rings. The Morgan fingerprint density at radius 1 is 1.36 bits per heavy atom. The summed E-state index contributed by atoms with van der Waals surface area (Å²) >= 11 is 0. The lowest BCUT2D eigenvalue weighted by Crippen LogP contribution is -2.34. The molecule has 2 rings (SSSR count). The minimum Gasteiger partial charge on any atom is -0.378 e. The lowest BCUT2D eigenvalue weighted by atomic mass is 9.97. The summed E-state index contributed by atoms with van der Waals surface area (Å²) in [4.78, 5) is 10.1. The predicted molar refractivity (Wildman–Crippen MR) is 81.9 cm³/mol. The van der Waals surface area contributed by atoms with Gasteiger partial charge in [0.25, 0.3) is 5.69 Å². The number of hydrogen-bond donors (Lipinski definition) is 1. The van der Waals surface area contributed by atoms with Crippen LogP contribution in [0.1, 0.15) is 25.3 Å². The zero-order valence-corrected chi connectivity index (χ0v) is 13.2. The molecule has 0 spiro atoms. The van der Waals surface area contributed by atoms with Gasteiger partial charge in [0.2, 0.25) is 10.0 Å². The Labute approximate surface area is 129 Å². The number of benzene rings is 1. The number of rotatable bonds is 6. The van der Waals surface area contributed by atoms with Gasteiger partial charge in [0.05, 0.1) is 16.8 Å². The van der Waals surface area contributed by atoms with Gasteiger partial charge in [-0.3, -0.25) is 10.1 Å². The van der Waals surface area contributed by atoms with Crippen molar-refractivity contribution in [3.63, 3.8) is 0 Å². The summed E-state index contributed by atoms with van der Waals surface area (Å²) in [5.41, 5.74) is 0.476. The van der Waals surface area contributed by atoms with Crippen molar-refractivity contribution in [1.82, 2.24) is 4.72 Å². The second-order valence-electron chi connectivity index (χ2n) is 5.60. The van der Waals surface area contributed by atoms with E-state index in [-0.39, 0.29) is 23.5 Å². The molecule has 122 valence electrons. The number of hydrogen-bond acceptors (Lipinski definition) is 5. The van der Waals surface area contributed by atoms with Crippen LogP contribution >= 0.6 is 0 Å². The number of ether oxygens (including phenoxy) is 1. The van der Waals surface area contributed by atoms with Crippen molar-refractivity contribution < 1.29 is 18.1 Å². The molecule has 2 unspecified atom stereocenters. The first kappa shape index (κ1) is 16.9. The molecular weight excluding hydrogens is 308 g/mol. The standard InChI is InChI=1S/C14H20N2O5S/c1-11-8-13(6-7-21-11)9-15-22(19,20)10-12-2-4-14(5-3-12)16(17)18/h2-5,11,13,15H,6-10H2,1H3. The maximum atomic E-state index is 12.1. The Morgan fingerprint density at radius 2 is 2.05 bits per heavy atom. The van der Waals surface area contributed by atoms with Gasteiger partial charge in [-0.25, -0.2) is 13.1 Å². The molecule has 1 aromatic carbocycles. The van der Waals surface area contributed by atoms with Crippen LogP contribution < -0.4 is 4.72 Å². The van der Waals surface area contributed by atoms with E-state index in [1.54, 1.807) is 0 Å². The fourth-order valence-electron chi connectivity index (χ4n) is 2.51. The van der Waals surface area contributed by atoms with Crippen LogP contribution in [-0.4, -0.2) is 32.6 Å². The molecule has 22 heavy (non-hydrogen) atoms. The van der Waals surface area contributed by atoms with E-state index in [1.165, 1.54) is 24.3 Å². The normalized spacial score (nSPS) is 22.4. The molecule has 2 atom stereocenters. The van der Waals surface area contributed by atoms with Crippen LogP contribution in [0.3, 0.4) is 0 Å². The predicted octanol–water partition coefficient (Wildman–Crippen LogP) is 1.83. The molecule has 0 bridgehead atoms. The van der Waals surface area contributed by atoms with Gasteiger partial charge in [0.1, 0.15) is 0 Å². The number of nitrogens with one attached hydrogen (secondary N) is 1. The Morgan fingerprint density at radius 3 is 2.64 bits per heavy atom. The van der Waals surface area contributed by atoms with Crippen LogP contribution in [0.15, 0.2) is 24.3 Å². The average molecular weight is 328 g/mol. The van der Waals surface area contributed by atoms with Crippen LogP contribution in [0.25, 0.3) is 0 Å². The van der Waals surface area contributed by atoms with Crippen LogP contribution in [0.2, 0.25) is 0 Å². The lowest BCUT2D eigenvalue weighted by Gasteiger charge is -2.27. The summed E-state index contributed by atoms with van der Waals surface area (Å²) in [6, 6.07) is 5.55. The third-order valence-corrected chi connectivity index (χ3v) is 5.01. The van der Waals surface area contributed by atoms with E-state index in [0.29, 0.717) is 18.7 Å². The second kappa shape index (κ2) is 7.17. The van der Waals surface area contributed by atoms with Gasteiger partial charge < -0.3 is 4.74 Å². The highest BCUT2D eigenvalue weighted by Gasteiger charge is 2.21. The molecule has 1 aliphatic heterocycles. The van der Waals surface area contributed by atoms with E-state index in [4.69, 9.17) is 4.74 Å². The Balaban J connectivity index is 1.89. The molecule has 0 aliphatic carbocycles. The van der Waals surface area contributed by atoms with Crippen molar-refractivity contribution >= 4 is 15.7 Å². The third kappa shape index (κ3) is 5.04. The molecule has 1 saturated heterocycles. The van der Waals surface area contributed by atoms with Crippen LogP contribution in [0.5, 0.6) is 0 Å². The fraction of sp³-hybridized carbons (Fsp3) is 0.571. The zero-order chi connectivity index (χ0) is 16.2. The van der Waals surface area contributed by atoms with E-state index in [2.05, 4.69) is 4.72 Å². The van der Waals surface area contributed by atoms with Crippen molar-refractivity contribution in [3.05, 3.63) is 39.9 Å². The lowest BCUT2D eigenvalue weighted by molar-refractivity contribution is -0.384. The summed E-state index contributed by atoms with van der Waals surface area (Å²) in [6.07, 6.45) is 1.86. The quantitative estimate of drug-likeness (QED) is 0.634. The monoisotopic (exact) mass is 328 g/mol. The summed E-state index contributed by atoms with van der Waals surface area (Å²) in [6.45, 7) is 3.05. The minimum absolute atomic E-state index is 0.0506. The smallest absolute Gasteiger partial charge is 0.269 e. The third-order valence-electron chi connectivity index (χ3n) is 3.69. The van der Waals surface area contributed by atoms with Crippen molar-refractivity contribution in [1.29, 1.82) is 0 Å². The van der Waals surface area contributed by atoms with Gasteiger partial charge in [-0.15, -0.1) is 0 Å². The molecule has 0 saturated carbocycles. The largest absolute Gasteiger partial charge is 0.378 e. The average Bonchev–Trinajstić information content (AvgIpc) is 2.45. The highest BCUT2D eigenvalue weighted by atomic mass is 32.2. The molecule has 0 amide bonds. The number of nitrogens with zero attached hydrogens (tertiary/aromatic N) is 1. The van der Waals surface area contributed by atoms with Gasteiger partial charge in [-0.05, 0) is 31.2 Å². The highest BCUT2D eigenvalue weighted by Crippen LogP contribution is 2.19. The second-order valence-corrected chi connectivity index (χ2v) is 7.41. The Bertz CT molecular complexity index is 615. The van der Waals surface area contributed by atoms with Gasteiger partial charge in [0, 0.05) is 25.3 Å².